The normalized spacial score (nSPS) is 11.2. The summed E-state index contributed by atoms with van der Waals surface area (Å²) >= 11 is 0. The summed E-state index contributed by atoms with van der Waals surface area (Å²) < 4.78 is 0. The maximum absolute atomic E-state index is 5.10. The van der Waals surface area contributed by atoms with Crippen molar-refractivity contribution in [1.82, 2.24) is 9.97 Å². The van der Waals surface area contributed by atoms with E-state index in [0.717, 1.165) is 55.4 Å². The highest BCUT2D eigenvalue weighted by Gasteiger charge is 2.14. The maximum atomic E-state index is 5.10. The molecule has 2 aromatic heterocycles. The van der Waals surface area contributed by atoms with E-state index >= 15 is 0 Å². The third-order valence-electron chi connectivity index (χ3n) is 8.26. The van der Waals surface area contributed by atoms with Gasteiger partial charge in [0, 0.05) is 21.9 Å². The van der Waals surface area contributed by atoms with Gasteiger partial charge in [-0.3, -0.25) is 0 Å². The molecule has 0 atom stereocenters. The lowest BCUT2D eigenvalue weighted by molar-refractivity contribution is 1.39. The van der Waals surface area contributed by atoms with E-state index in [9.17, 15) is 0 Å². The molecule has 0 N–H and O–H groups in total. The van der Waals surface area contributed by atoms with Crippen molar-refractivity contribution in [3.05, 3.63) is 170 Å². The van der Waals surface area contributed by atoms with Crippen LogP contribution in [0.1, 0.15) is 0 Å². The second-order valence-electron chi connectivity index (χ2n) is 11.0. The minimum Gasteiger partial charge on any atom is -0.248 e. The fourth-order valence-electron chi connectivity index (χ4n) is 6.04. The Balaban J connectivity index is 1.31. The molecule has 44 heavy (non-hydrogen) atoms. The number of hydrogen-bond acceptors (Lipinski definition) is 2. The molecule has 0 aliphatic carbocycles. The summed E-state index contributed by atoms with van der Waals surface area (Å²) in [6, 6.07) is 59.7. The molecule has 0 unspecified atom stereocenters. The summed E-state index contributed by atoms with van der Waals surface area (Å²) in [4.78, 5) is 10.2. The molecule has 8 aromatic rings. The summed E-state index contributed by atoms with van der Waals surface area (Å²) in [5.41, 5.74) is 13.1. The van der Waals surface area contributed by atoms with Gasteiger partial charge in [-0.15, -0.1) is 0 Å². The highest BCUT2D eigenvalue weighted by Crippen LogP contribution is 2.37. The van der Waals surface area contributed by atoms with Gasteiger partial charge in [-0.05, 0) is 69.8 Å². The molecular weight excluding hydrogens is 532 g/mol. The summed E-state index contributed by atoms with van der Waals surface area (Å²) in [7, 11) is 0. The molecule has 0 spiro atoms. The number of fused-ring (bicyclic) bond motifs is 2. The van der Waals surface area contributed by atoms with Crippen LogP contribution in [-0.4, -0.2) is 9.97 Å². The van der Waals surface area contributed by atoms with Crippen LogP contribution in [0.15, 0.2) is 170 Å². The molecule has 2 nitrogen and oxygen atoms in total. The van der Waals surface area contributed by atoms with Gasteiger partial charge in [0.1, 0.15) is 0 Å². The molecule has 0 aliphatic heterocycles. The Labute approximate surface area is 257 Å². The van der Waals surface area contributed by atoms with Crippen molar-refractivity contribution < 1.29 is 0 Å². The Morgan fingerprint density at radius 1 is 0.273 bits per heavy atom. The Morgan fingerprint density at radius 2 is 0.614 bits per heavy atom. The quantitative estimate of drug-likeness (QED) is 0.209. The first-order valence-electron chi connectivity index (χ1n) is 14.9. The molecule has 0 bridgehead atoms. The van der Waals surface area contributed by atoms with Crippen LogP contribution in [-0.2, 0) is 0 Å². The van der Waals surface area contributed by atoms with Gasteiger partial charge >= 0.3 is 0 Å². The van der Waals surface area contributed by atoms with Gasteiger partial charge in [-0.25, -0.2) is 9.97 Å². The predicted molar refractivity (Wildman–Crippen MR) is 184 cm³/mol. The summed E-state index contributed by atoms with van der Waals surface area (Å²) in [6.45, 7) is 0. The van der Waals surface area contributed by atoms with E-state index in [-0.39, 0.29) is 0 Å². The molecule has 0 amide bonds. The lowest BCUT2D eigenvalue weighted by Gasteiger charge is -2.14. The van der Waals surface area contributed by atoms with Crippen LogP contribution in [0.25, 0.3) is 77.7 Å². The molecule has 0 aliphatic rings. The molecule has 0 saturated heterocycles. The highest BCUT2D eigenvalue weighted by molar-refractivity contribution is 6.02. The first kappa shape index (κ1) is 25.8. The van der Waals surface area contributed by atoms with E-state index in [2.05, 4.69) is 158 Å². The standard InChI is InChI=1S/C42H28N2/c1-5-13-29(14-6-1)35-27-41(31-17-9-3-10-18-31)43-39-23-21-33(25-37(35)39)34-22-24-40-38(26-34)36(30-15-7-2-8-16-30)28-42(44-40)32-19-11-4-12-20-32/h1-28H. The SMILES string of the molecule is c1ccc(-c2cc(-c3ccccc3)c3cc(-c4ccc5nc(-c6ccccc6)cc(-c6ccccc6)c5c4)ccc3n2)cc1. The maximum Gasteiger partial charge on any atom is 0.0716 e. The third-order valence-corrected chi connectivity index (χ3v) is 8.26. The zero-order valence-electron chi connectivity index (χ0n) is 24.1. The minimum absolute atomic E-state index is 0.975. The van der Waals surface area contributed by atoms with E-state index in [1.807, 2.05) is 12.1 Å². The summed E-state index contributed by atoms with van der Waals surface area (Å²) in [6.07, 6.45) is 0. The number of rotatable bonds is 5. The van der Waals surface area contributed by atoms with Crippen molar-refractivity contribution in [3.63, 3.8) is 0 Å². The van der Waals surface area contributed by atoms with Gasteiger partial charge < -0.3 is 0 Å². The zero-order chi connectivity index (χ0) is 29.3. The average Bonchev–Trinajstić information content (AvgIpc) is 3.11. The predicted octanol–water partition coefficient (Wildman–Crippen LogP) is 11.1. The Bertz CT molecular complexity index is 2080. The Hall–Kier alpha value is -5.86. The van der Waals surface area contributed by atoms with Gasteiger partial charge in [0.05, 0.1) is 22.4 Å². The fourth-order valence-corrected chi connectivity index (χ4v) is 6.04. The zero-order valence-corrected chi connectivity index (χ0v) is 24.1. The topological polar surface area (TPSA) is 25.8 Å². The number of nitrogens with zero attached hydrogens (tertiary/aromatic N) is 2. The van der Waals surface area contributed by atoms with E-state index in [4.69, 9.17) is 9.97 Å². The average molecular weight is 561 g/mol. The molecule has 2 heteroatoms. The van der Waals surface area contributed by atoms with E-state index in [0.29, 0.717) is 0 Å². The lowest BCUT2D eigenvalue weighted by atomic mass is 9.93. The van der Waals surface area contributed by atoms with Crippen molar-refractivity contribution >= 4 is 21.8 Å². The van der Waals surface area contributed by atoms with Gasteiger partial charge in [0.2, 0.25) is 0 Å². The number of benzene rings is 6. The Morgan fingerprint density at radius 3 is 0.977 bits per heavy atom. The molecule has 8 rings (SSSR count). The van der Waals surface area contributed by atoms with Crippen molar-refractivity contribution in [1.29, 1.82) is 0 Å². The van der Waals surface area contributed by atoms with Crippen LogP contribution in [0.2, 0.25) is 0 Å². The van der Waals surface area contributed by atoms with Crippen LogP contribution in [0.3, 0.4) is 0 Å². The number of hydrogen-bond donors (Lipinski definition) is 0. The van der Waals surface area contributed by atoms with Crippen molar-refractivity contribution in [3.8, 4) is 55.9 Å². The Kier molecular flexibility index (Phi) is 6.51. The van der Waals surface area contributed by atoms with Gasteiger partial charge in [0.15, 0.2) is 0 Å². The van der Waals surface area contributed by atoms with Crippen LogP contribution in [0, 0.1) is 0 Å². The smallest absolute Gasteiger partial charge is 0.0716 e. The summed E-state index contributed by atoms with van der Waals surface area (Å²) in [5.74, 6) is 0. The second-order valence-corrected chi connectivity index (χ2v) is 11.0. The third kappa shape index (κ3) is 4.83. The monoisotopic (exact) mass is 560 g/mol. The second kappa shape index (κ2) is 11.1. The highest BCUT2D eigenvalue weighted by atomic mass is 14.7. The largest absolute Gasteiger partial charge is 0.248 e. The van der Waals surface area contributed by atoms with Crippen molar-refractivity contribution in [2.75, 3.05) is 0 Å². The number of aromatic nitrogens is 2. The minimum atomic E-state index is 0.975. The molecular formula is C42H28N2. The van der Waals surface area contributed by atoms with Gasteiger partial charge in [0.25, 0.3) is 0 Å². The molecule has 2 heterocycles. The van der Waals surface area contributed by atoms with Gasteiger partial charge in [-0.1, -0.05) is 133 Å². The van der Waals surface area contributed by atoms with E-state index in [1.54, 1.807) is 0 Å². The molecule has 206 valence electrons. The van der Waals surface area contributed by atoms with Crippen LogP contribution < -0.4 is 0 Å². The van der Waals surface area contributed by atoms with E-state index < -0.39 is 0 Å². The molecule has 0 fully saturated rings. The van der Waals surface area contributed by atoms with Crippen LogP contribution in [0.5, 0.6) is 0 Å². The lowest BCUT2D eigenvalue weighted by Crippen LogP contribution is -1.92. The molecule has 0 saturated carbocycles. The van der Waals surface area contributed by atoms with Crippen LogP contribution >= 0.6 is 0 Å². The summed E-state index contributed by atoms with van der Waals surface area (Å²) in [5, 5.41) is 2.27. The molecule has 0 radical (unpaired) electrons. The first-order valence-corrected chi connectivity index (χ1v) is 14.9. The van der Waals surface area contributed by atoms with Crippen LogP contribution in [0.4, 0.5) is 0 Å². The van der Waals surface area contributed by atoms with Crippen molar-refractivity contribution in [2.24, 2.45) is 0 Å². The first-order chi connectivity index (χ1) is 21.8. The molecule has 6 aromatic carbocycles. The fraction of sp³-hybridized carbons (Fsp3) is 0. The van der Waals surface area contributed by atoms with E-state index in [1.165, 1.54) is 22.3 Å². The van der Waals surface area contributed by atoms with Crippen molar-refractivity contribution in [2.45, 2.75) is 0 Å². The van der Waals surface area contributed by atoms with Gasteiger partial charge in [-0.2, -0.15) is 0 Å². The number of pyridine rings is 2.